The first-order valence-corrected chi connectivity index (χ1v) is 10.6. The minimum Gasteiger partial charge on any atom is -0.381 e. The average Bonchev–Trinajstić information content (AvgIpc) is 2.56. The Labute approximate surface area is 173 Å². The molecule has 0 amide bonds. The van der Waals surface area contributed by atoms with Crippen LogP contribution in [-0.4, -0.2) is 62.5 Å². The third kappa shape index (κ3) is 4.41. The van der Waals surface area contributed by atoms with Crippen LogP contribution in [0.25, 0.3) is 0 Å². The molecule has 146 valence electrons. The fourth-order valence-electron chi connectivity index (χ4n) is 4.44. The highest BCUT2D eigenvalue weighted by Crippen LogP contribution is 2.57. The van der Waals surface area contributed by atoms with Gasteiger partial charge in [-0.15, -0.1) is 24.0 Å². The van der Waals surface area contributed by atoms with Crippen LogP contribution in [-0.2, 0) is 9.47 Å². The largest absolute Gasteiger partial charge is 0.381 e. The van der Waals surface area contributed by atoms with Crippen molar-refractivity contribution in [2.75, 3.05) is 39.7 Å². The van der Waals surface area contributed by atoms with Gasteiger partial charge < -0.3 is 20.1 Å². The van der Waals surface area contributed by atoms with E-state index in [4.69, 9.17) is 9.47 Å². The number of halogens is 1. The van der Waals surface area contributed by atoms with E-state index in [1.165, 1.54) is 19.3 Å². The van der Waals surface area contributed by atoms with Crippen LogP contribution in [0, 0.1) is 5.41 Å². The highest BCUT2D eigenvalue weighted by Gasteiger charge is 2.59. The zero-order valence-electron chi connectivity index (χ0n) is 15.8. The fourth-order valence-corrected chi connectivity index (χ4v) is 5.23. The zero-order chi connectivity index (χ0) is 17.0. The number of guanidine groups is 1. The van der Waals surface area contributed by atoms with Crippen LogP contribution in [0.4, 0.5) is 0 Å². The van der Waals surface area contributed by atoms with E-state index in [1.807, 2.05) is 18.8 Å². The summed E-state index contributed by atoms with van der Waals surface area (Å²) in [4.78, 5) is 4.47. The molecule has 2 atom stereocenters. The standard InChI is InChI=1S/C18H33N3O2S.HI/c1-4-23-15-12-14(18(15)6-5-7-18)21-16(19-2)20-13-17(24-3)8-10-22-11-9-17;/h14-15H,4-13H2,1-3H3,(H2,19,20,21);1H. The van der Waals surface area contributed by atoms with Crippen LogP contribution in [0.5, 0.6) is 0 Å². The molecule has 0 bridgehead atoms. The van der Waals surface area contributed by atoms with Gasteiger partial charge in [0.15, 0.2) is 5.96 Å². The summed E-state index contributed by atoms with van der Waals surface area (Å²) in [5, 5.41) is 7.27. The van der Waals surface area contributed by atoms with Crippen molar-refractivity contribution in [1.29, 1.82) is 0 Å². The highest BCUT2D eigenvalue weighted by atomic mass is 127. The molecule has 0 aromatic heterocycles. The molecule has 2 aliphatic carbocycles. The Bertz CT molecular complexity index is 454. The lowest BCUT2D eigenvalue weighted by molar-refractivity contribution is -0.168. The zero-order valence-corrected chi connectivity index (χ0v) is 19.0. The molecule has 2 unspecified atom stereocenters. The van der Waals surface area contributed by atoms with Crippen molar-refractivity contribution in [3.8, 4) is 0 Å². The first-order valence-electron chi connectivity index (χ1n) is 9.40. The van der Waals surface area contributed by atoms with Gasteiger partial charge in [-0.3, -0.25) is 4.99 Å². The summed E-state index contributed by atoms with van der Waals surface area (Å²) in [5.74, 6) is 0.946. The molecule has 2 N–H and O–H groups in total. The number of hydrogen-bond donors (Lipinski definition) is 2. The molecule has 1 aliphatic heterocycles. The van der Waals surface area contributed by atoms with Gasteiger partial charge in [0.1, 0.15) is 0 Å². The third-order valence-electron chi connectivity index (χ3n) is 6.39. The molecular formula is C18H34IN3O2S. The molecule has 0 aromatic rings. The van der Waals surface area contributed by atoms with Gasteiger partial charge in [0.05, 0.1) is 6.10 Å². The molecular weight excluding hydrogens is 449 g/mol. The Morgan fingerprint density at radius 2 is 2.00 bits per heavy atom. The van der Waals surface area contributed by atoms with Gasteiger partial charge in [-0.25, -0.2) is 0 Å². The maximum atomic E-state index is 5.95. The van der Waals surface area contributed by atoms with Crippen molar-refractivity contribution in [2.24, 2.45) is 10.4 Å². The van der Waals surface area contributed by atoms with E-state index in [1.54, 1.807) is 0 Å². The van der Waals surface area contributed by atoms with E-state index in [2.05, 4.69) is 28.8 Å². The lowest BCUT2D eigenvalue weighted by Crippen LogP contribution is -2.69. The molecule has 3 rings (SSSR count). The average molecular weight is 483 g/mol. The number of nitrogens with one attached hydrogen (secondary N) is 2. The SMILES string of the molecule is CCOC1CC(NC(=NC)NCC2(SC)CCOCC2)C12CCC2.I. The smallest absolute Gasteiger partial charge is 0.191 e. The van der Waals surface area contributed by atoms with Crippen molar-refractivity contribution in [3.63, 3.8) is 0 Å². The van der Waals surface area contributed by atoms with Crippen molar-refractivity contribution in [1.82, 2.24) is 10.6 Å². The molecule has 0 aromatic carbocycles. The van der Waals surface area contributed by atoms with Crippen LogP contribution in [0.3, 0.4) is 0 Å². The molecule has 2 saturated carbocycles. The Hall–Kier alpha value is 0.270. The topological polar surface area (TPSA) is 54.9 Å². The molecule has 1 spiro atoms. The van der Waals surface area contributed by atoms with Crippen molar-refractivity contribution >= 4 is 41.7 Å². The first-order chi connectivity index (χ1) is 11.7. The van der Waals surface area contributed by atoms with E-state index < -0.39 is 0 Å². The number of rotatable bonds is 6. The molecule has 0 radical (unpaired) electrons. The summed E-state index contributed by atoms with van der Waals surface area (Å²) >= 11 is 1.96. The van der Waals surface area contributed by atoms with Crippen LogP contribution in [0.15, 0.2) is 4.99 Å². The van der Waals surface area contributed by atoms with Crippen LogP contribution >= 0.6 is 35.7 Å². The van der Waals surface area contributed by atoms with E-state index in [9.17, 15) is 0 Å². The van der Waals surface area contributed by atoms with E-state index >= 15 is 0 Å². The predicted octanol–water partition coefficient (Wildman–Crippen LogP) is 3.03. The predicted molar refractivity (Wildman–Crippen MR) is 116 cm³/mol. The fraction of sp³-hybridized carbons (Fsp3) is 0.944. The monoisotopic (exact) mass is 483 g/mol. The van der Waals surface area contributed by atoms with E-state index in [0.29, 0.717) is 17.6 Å². The van der Waals surface area contributed by atoms with Crippen molar-refractivity contribution in [3.05, 3.63) is 0 Å². The third-order valence-corrected chi connectivity index (χ3v) is 7.81. The van der Waals surface area contributed by atoms with Gasteiger partial charge in [-0.2, -0.15) is 11.8 Å². The second kappa shape index (κ2) is 9.46. The Morgan fingerprint density at radius 1 is 1.28 bits per heavy atom. The second-order valence-electron chi connectivity index (χ2n) is 7.39. The Balaban J connectivity index is 0.00000225. The quantitative estimate of drug-likeness (QED) is 0.346. The van der Waals surface area contributed by atoms with Gasteiger partial charge in [-0.1, -0.05) is 6.42 Å². The van der Waals surface area contributed by atoms with Gasteiger partial charge in [0.2, 0.25) is 0 Å². The Kier molecular flexibility index (Phi) is 8.16. The van der Waals surface area contributed by atoms with E-state index in [0.717, 1.165) is 51.6 Å². The van der Waals surface area contributed by atoms with Crippen LogP contribution in [0.2, 0.25) is 0 Å². The maximum absolute atomic E-state index is 5.95. The number of aliphatic imine (C=N–C) groups is 1. The summed E-state index contributed by atoms with van der Waals surface area (Å²) in [7, 11) is 1.87. The lowest BCUT2D eigenvalue weighted by atomic mass is 9.51. The molecule has 7 heteroatoms. The highest BCUT2D eigenvalue weighted by molar-refractivity contribution is 14.0. The summed E-state index contributed by atoms with van der Waals surface area (Å²) in [6.07, 6.45) is 9.90. The minimum atomic E-state index is 0. The van der Waals surface area contributed by atoms with E-state index in [-0.39, 0.29) is 28.7 Å². The molecule has 3 fully saturated rings. The summed E-state index contributed by atoms with van der Waals surface area (Å²) < 4.78 is 11.8. The number of nitrogens with zero attached hydrogens (tertiary/aromatic N) is 1. The summed E-state index contributed by atoms with van der Waals surface area (Å²) in [5.41, 5.74) is 0.365. The molecule has 3 aliphatic rings. The van der Waals surface area contributed by atoms with Gasteiger partial charge in [-0.05, 0) is 45.3 Å². The van der Waals surface area contributed by atoms with Gasteiger partial charge >= 0.3 is 0 Å². The molecule has 1 heterocycles. The summed E-state index contributed by atoms with van der Waals surface area (Å²) in [6.45, 7) is 5.62. The number of hydrogen-bond acceptors (Lipinski definition) is 4. The Morgan fingerprint density at radius 3 is 2.52 bits per heavy atom. The molecule has 5 nitrogen and oxygen atoms in total. The first kappa shape index (κ1) is 21.6. The van der Waals surface area contributed by atoms with Crippen molar-refractivity contribution in [2.45, 2.75) is 62.3 Å². The van der Waals surface area contributed by atoms with Crippen LogP contribution < -0.4 is 10.6 Å². The second-order valence-corrected chi connectivity index (χ2v) is 8.66. The van der Waals surface area contributed by atoms with Gasteiger partial charge in [0, 0.05) is 49.6 Å². The molecule has 25 heavy (non-hydrogen) atoms. The maximum Gasteiger partial charge on any atom is 0.191 e. The molecule has 1 saturated heterocycles. The number of thioether (sulfide) groups is 1. The normalized spacial score (nSPS) is 30.0. The minimum absolute atomic E-state index is 0. The van der Waals surface area contributed by atoms with Crippen LogP contribution in [0.1, 0.15) is 45.4 Å². The lowest BCUT2D eigenvalue weighted by Gasteiger charge is -2.61. The van der Waals surface area contributed by atoms with Crippen molar-refractivity contribution < 1.29 is 9.47 Å². The number of ether oxygens (including phenoxy) is 2. The van der Waals surface area contributed by atoms with Gasteiger partial charge in [0.25, 0.3) is 0 Å². The summed E-state index contributed by atoms with van der Waals surface area (Å²) in [6, 6.07) is 0.508.